The summed E-state index contributed by atoms with van der Waals surface area (Å²) in [5, 5.41) is 7.57. The fraction of sp³-hybridized carbons (Fsp3) is 0.148. The highest BCUT2D eigenvalue weighted by molar-refractivity contribution is 5.98. The van der Waals surface area contributed by atoms with Crippen molar-refractivity contribution in [3.05, 3.63) is 101 Å². The minimum atomic E-state index is -0.107. The van der Waals surface area contributed by atoms with Gasteiger partial charge < -0.3 is 21.4 Å². The van der Waals surface area contributed by atoms with Gasteiger partial charge >= 0.3 is 0 Å². The van der Waals surface area contributed by atoms with Crippen molar-refractivity contribution in [2.75, 3.05) is 11.1 Å². The number of rotatable bonds is 6. The van der Waals surface area contributed by atoms with Gasteiger partial charge in [0.05, 0.1) is 11.4 Å². The van der Waals surface area contributed by atoms with Gasteiger partial charge in [-0.05, 0) is 66.8 Å². The summed E-state index contributed by atoms with van der Waals surface area (Å²) in [6.07, 6.45) is 2.22. The van der Waals surface area contributed by atoms with Crippen LogP contribution in [0.2, 0.25) is 0 Å². The van der Waals surface area contributed by atoms with Gasteiger partial charge in [0, 0.05) is 23.1 Å². The van der Waals surface area contributed by atoms with Gasteiger partial charge in [0.2, 0.25) is 0 Å². The average Bonchev–Trinajstić information content (AvgIpc) is 3.55. The maximum Gasteiger partial charge on any atom is 0.267 e. The van der Waals surface area contributed by atoms with E-state index in [0.29, 0.717) is 12.2 Å². The number of aromatic amines is 1. The van der Waals surface area contributed by atoms with E-state index in [1.165, 1.54) is 11.1 Å². The van der Waals surface area contributed by atoms with Crippen LogP contribution in [0.15, 0.2) is 78.4 Å². The van der Waals surface area contributed by atoms with Crippen molar-refractivity contribution < 1.29 is 4.79 Å². The van der Waals surface area contributed by atoms with Crippen LogP contribution in [-0.2, 0) is 6.54 Å². The minimum Gasteiger partial charge on any atom is -0.397 e. The number of nitrogen functional groups attached to an aromatic ring is 1. The van der Waals surface area contributed by atoms with Gasteiger partial charge in [0.15, 0.2) is 0 Å². The van der Waals surface area contributed by atoms with Crippen molar-refractivity contribution in [1.82, 2.24) is 10.3 Å². The number of hydrogen-bond acceptors (Lipinski definition) is 3. The molecule has 1 amide bonds. The molecule has 5 rings (SSSR count). The molecule has 1 aliphatic carbocycles. The lowest BCUT2D eigenvalue weighted by molar-refractivity contribution is 0.0946. The molecule has 0 saturated heterocycles. The number of carbonyl (C=O) groups excluding carboxylic acids is 1. The highest BCUT2D eigenvalue weighted by Crippen LogP contribution is 2.37. The maximum atomic E-state index is 12.6. The third kappa shape index (κ3) is 4.23. The van der Waals surface area contributed by atoms with Crippen molar-refractivity contribution in [1.29, 1.82) is 0 Å². The zero-order valence-corrected chi connectivity index (χ0v) is 18.0. The molecule has 4 aromatic rings. The van der Waals surface area contributed by atoms with Crippen LogP contribution in [0, 0.1) is 6.92 Å². The number of benzene rings is 3. The van der Waals surface area contributed by atoms with E-state index >= 15 is 0 Å². The first-order chi connectivity index (χ1) is 15.6. The Balaban J connectivity index is 1.26. The molecule has 0 spiro atoms. The number of nitrogens with two attached hydrogens (primary N) is 1. The summed E-state index contributed by atoms with van der Waals surface area (Å²) >= 11 is 0. The third-order valence-corrected chi connectivity index (χ3v) is 5.79. The first kappa shape index (κ1) is 19.9. The fourth-order valence-corrected chi connectivity index (χ4v) is 3.86. The van der Waals surface area contributed by atoms with E-state index in [1.807, 2.05) is 49.4 Å². The summed E-state index contributed by atoms with van der Waals surface area (Å²) in [4.78, 5) is 15.8. The molecular weight excluding hydrogens is 396 g/mol. The Labute approximate surface area is 187 Å². The molecule has 0 unspecified atom stereocenters. The second-order valence-electron chi connectivity index (χ2n) is 8.34. The zero-order valence-electron chi connectivity index (χ0n) is 18.0. The average molecular weight is 423 g/mol. The summed E-state index contributed by atoms with van der Waals surface area (Å²) in [6, 6.07) is 24.1. The first-order valence-electron chi connectivity index (χ1n) is 10.9. The number of aromatic nitrogens is 1. The second kappa shape index (κ2) is 8.27. The molecular formula is C27H26N4O. The maximum absolute atomic E-state index is 12.6. The zero-order chi connectivity index (χ0) is 22.1. The lowest BCUT2D eigenvalue weighted by Crippen LogP contribution is -2.23. The van der Waals surface area contributed by atoms with Gasteiger partial charge in [-0.1, -0.05) is 48.0 Å². The highest BCUT2D eigenvalue weighted by atomic mass is 16.1. The Morgan fingerprint density at radius 2 is 1.78 bits per heavy atom. The number of amides is 1. The molecule has 0 bridgehead atoms. The molecule has 1 heterocycles. The molecule has 5 nitrogen and oxygen atoms in total. The van der Waals surface area contributed by atoms with Crippen LogP contribution in [0.1, 0.15) is 40.0 Å². The highest BCUT2D eigenvalue weighted by Gasteiger charge is 2.20. The standard InChI is InChI=1S/C27H26N4O/c1-17-6-13-23-21(14-17)15-25(30-23)27(32)29-16-18-7-9-19(10-8-18)26(20-11-12-20)31-24-5-3-2-4-22(24)28/h2-10,13-15,30-31H,11-12,16,28H2,1H3,(H,29,32). The third-order valence-electron chi connectivity index (χ3n) is 5.79. The number of para-hydroxylation sites is 2. The number of allylic oxidation sites excluding steroid dienone is 1. The molecule has 1 aromatic heterocycles. The van der Waals surface area contributed by atoms with Crippen LogP contribution in [0.5, 0.6) is 0 Å². The van der Waals surface area contributed by atoms with Crippen molar-refractivity contribution in [3.63, 3.8) is 0 Å². The molecule has 160 valence electrons. The van der Waals surface area contributed by atoms with E-state index in [4.69, 9.17) is 5.73 Å². The molecule has 0 aliphatic heterocycles. The second-order valence-corrected chi connectivity index (χ2v) is 8.34. The van der Waals surface area contributed by atoms with Gasteiger partial charge in [-0.15, -0.1) is 0 Å². The smallest absolute Gasteiger partial charge is 0.267 e. The lowest BCUT2D eigenvalue weighted by Gasteiger charge is -2.14. The predicted molar refractivity (Wildman–Crippen MR) is 131 cm³/mol. The molecule has 1 fully saturated rings. The van der Waals surface area contributed by atoms with Crippen LogP contribution >= 0.6 is 0 Å². The summed E-state index contributed by atoms with van der Waals surface area (Å²) in [6.45, 7) is 2.52. The number of hydrogen-bond donors (Lipinski definition) is 4. The number of anilines is 2. The van der Waals surface area contributed by atoms with Gasteiger partial charge in [-0.25, -0.2) is 0 Å². The first-order valence-corrected chi connectivity index (χ1v) is 10.9. The molecule has 5 heteroatoms. The number of aryl methyl sites for hydroxylation is 1. The summed E-state index contributed by atoms with van der Waals surface area (Å²) < 4.78 is 0. The van der Waals surface area contributed by atoms with Crippen molar-refractivity contribution in [2.24, 2.45) is 0 Å². The Hall–Kier alpha value is -3.99. The number of carbonyl (C=O) groups is 1. The van der Waals surface area contributed by atoms with Crippen molar-refractivity contribution >= 4 is 33.9 Å². The Morgan fingerprint density at radius 1 is 1.00 bits per heavy atom. The van der Waals surface area contributed by atoms with Crippen molar-refractivity contribution in [2.45, 2.75) is 26.3 Å². The SMILES string of the molecule is Cc1ccc2[nH]c(C(=O)NCc3ccc(C(Nc4ccccc4N)=C4CC4)cc3)cc2c1. The lowest BCUT2D eigenvalue weighted by atomic mass is 10.1. The number of fused-ring (bicyclic) bond motifs is 1. The minimum absolute atomic E-state index is 0.107. The quantitative estimate of drug-likeness (QED) is 0.305. The molecule has 5 N–H and O–H groups in total. The van der Waals surface area contributed by atoms with E-state index in [0.717, 1.165) is 51.9 Å². The monoisotopic (exact) mass is 422 g/mol. The Morgan fingerprint density at radius 3 is 2.53 bits per heavy atom. The normalized spacial score (nSPS) is 12.6. The largest absolute Gasteiger partial charge is 0.397 e. The Bertz CT molecular complexity index is 1330. The number of H-pyrrole nitrogens is 1. The fourth-order valence-electron chi connectivity index (χ4n) is 3.86. The van der Waals surface area contributed by atoms with Gasteiger partial charge in [0.1, 0.15) is 5.69 Å². The van der Waals surface area contributed by atoms with Gasteiger partial charge in [-0.3, -0.25) is 4.79 Å². The molecule has 0 atom stereocenters. The van der Waals surface area contributed by atoms with Crippen LogP contribution in [-0.4, -0.2) is 10.9 Å². The summed E-state index contributed by atoms with van der Waals surface area (Å²) in [7, 11) is 0. The molecule has 0 radical (unpaired) electrons. The summed E-state index contributed by atoms with van der Waals surface area (Å²) in [5.74, 6) is -0.107. The summed E-state index contributed by atoms with van der Waals surface area (Å²) in [5.41, 5.74) is 15.2. The Kier molecular flexibility index (Phi) is 5.15. The van der Waals surface area contributed by atoms with Crippen LogP contribution in [0.25, 0.3) is 16.6 Å². The number of nitrogens with one attached hydrogen (secondary N) is 3. The van der Waals surface area contributed by atoms with Gasteiger partial charge in [-0.2, -0.15) is 0 Å². The predicted octanol–water partition coefficient (Wildman–Crippen LogP) is 5.61. The molecule has 1 saturated carbocycles. The van der Waals surface area contributed by atoms with E-state index < -0.39 is 0 Å². The molecule has 32 heavy (non-hydrogen) atoms. The van der Waals surface area contributed by atoms with Crippen molar-refractivity contribution in [3.8, 4) is 0 Å². The van der Waals surface area contributed by atoms with E-state index in [1.54, 1.807) is 0 Å². The van der Waals surface area contributed by atoms with E-state index in [2.05, 4.69) is 45.9 Å². The van der Waals surface area contributed by atoms with E-state index in [-0.39, 0.29) is 5.91 Å². The van der Waals surface area contributed by atoms with E-state index in [9.17, 15) is 4.79 Å². The topological polar surface area (TPSA) is 82.9 Å². The van der Waals surface area contributed by atoms with Crippen LogP contribution < -0.4 is 16.4 Å². The van der Waals surface area contributed by atoms with Crippen LogP contribution in [0.3, 0.4) is 0 Å². The van der Waals surface area contributed by atoms with Gasteiger partial charge in [0.25, 0.3) is 5.91 Å². The molecule has 1 aliphatic rings. The van der Waals surface area contributed by atoms with Crippen LogP contribution in [0.4, 0.5) is 11.4 Å². The molecule has 3 aromatic carbocycles.